The SMILES string of the molecule is CCOc1cc(/C=N/NC(=O)c2ccc(COc3ccc(-n4c(C)ccc4C)cc3)o2)c(Br)c(Cl)c1OCC(=O)Nc1ccccc1. The molecule has 10 nitrogen and oxygen atoms in total. The molecule has 0 fully saturated rings. The number of ether oxygens (including phenoxy) is 3. The lowest BCUT2D eigenvalue weighted by Gasteiger charge is -2.16. The molecule has 0 bridgehead atoms. The number of carbonyl (C=O) groups is 2. The Labute approximate surface area is 285 Å². The van der Waals surface area contributed by atoms with Crippen LogP contribution in [0.25, 0.3) is 5.69 Å². The van der Waals surface area contributed by atoms with Gasteiger partial charge in [-0.15, -0.1) is 0 Å². The summed E-state index contributed by atoms with van der Waals surface area (Å²) < 4.78 is 25.6. The maximum absolute atomic E-state index is 12.7. The van der Waals surface area contributed by atoms with Crippen LogP contribution in [-0.4, -0.2) is 35.8 Å². The molecule has 2 amide bonds. The Morgan fingerprint density at radius 1 is 0.957 bits per heavy atom. The number of carbonyl (C=O) groups excluding carboxylic acids is 2. The van der Waals surface area contributed by atoms with Crippen molar-refractivity contribution < 1.29 is 28.2 Å². The summed E-state index contributed by atoms with van der Waals surface area (Å²) in [6.45, 7) is 6.10. The maximum atomic E-state index is 12.7. The molecule has 2 heterocycles. The third kappa shape index (κ3) is 8.43. The van der Waals surface area contributed by atoms with Gasteiger partial charge in [-0.05, 0) is 103 Å². The van der Waals surface area contributed by atoms with Crippen molar-refractivity contribution >= 4 is 51.2 Å². The number of rotatable bonds is 13. The van der Waals surface area contributed by atoms with E-state index in [1.165, 1.54) is 6.21 Å². The molecule has 0 aliphatic carbocycles. The van der Waals surface area contributed by atoms with E-state index in [1.807, 2.05) is 42.5 Å². The Morgan fingerprint density at radius 3 is 2.38 bits per heavy atom. The quantitative estimate of drug-likeness (QED) is 0.0946. The molecule has 0 saturated carbocycles. The van der Waals surface area contributed by atoms with Crippen LogP contribution in [0.3, 0.4) is 0 Å². The zero-order valence-corrected chi connectivity index (χ0v) is 28.2. The third-order valence-corrected chi connectivity index (χ3v) is 8.31. The van der Waals surface area contributed by atoms with Gasteiger partial charge in [0, 0.05) is 32.8 Å². The summed E-state index contributed by atoms with van der Waals surface area (Å²) in [5.41, 5.74) is 6.94. The van der Waals surface area contributed by atoms with Crippen molar-refractivity contribution in [2.24, 2.45) is 5.10 Å². The first kappa shape index (κ1) is 33.4. The van der Waals surface area contributed by atoms with Crippen LogP contribution in [0.2, 0.25) is 5.02 Å². The minimum atomic E-state index is -0.550. The van der Waals surface area contributed by atoms with Crippen LogP contribution in [0.4, 0.5) is 5.69 Å². The van der Waals surface area contributed by atoms with Gasteiger partial charge in [0.25, 0.3) is 5.91 Å². The summed E-state index contributed by atoms with van der Waals surface area (Å²) in [7, 11) is 0. The second-order valence-electron chi connectivity index (χ2n) is 10.3. The van der Waals surface area contributed by atoms with Crippen molar-refractivity contribution in [2.45, 2.75) is 27.4 Å². The highest BCUT2D eigenvalue weighted by molar-refractivity contribution is 9.10. The van der Waals surface area contributed by atoms with Crippen LogP contribution in [0.5, 0.6) is 17.2 Å². The standard InChI is InChI=1S/C35H32BrClN4O6/c1-4-44-30-18-24(32(36)33(37)34(30)46-21-31(42)39-25-8-6-5-7-9-25)19-38-40-35(43)29-17-16-28(47-29)20-45-27-14-12-26(13-15-27)41-22(2)10-11-23(41)3/h5-19H,4,20-21H2,1-3H3,(H,39,42)(H,40,43)/b38-19+. The van der Waals surface area contributed by atoms with E-state index in [0.29, 0.717) is 39.6 Å². The van der Waals surface area contributed by atoms with E-state index in [2.05, 4.69) is 62.3 Å². The highest BCUT2D eigenvalue weighted by Gasteiger charge is 2.19. The minimum Gasteiger partial charge on any atom is -0.490 e. The van der Waals surface area contributed by atoms with Gasteiger partial charge in [0.1, 0.15) is 23.1 Å². The number of amides is 2. The molecule has 2 aromatic heterocycles. The molecular formula is C35H32BrClN4O6. The van der Waals surface area contributed by atoms with E-state index in [9.17, 15) is 9.59 Å². The first-order valence-electron chi connectivity index (χ1n) is 14.7. The van der Waals surface area contributed by atoms with E-state index >= 15 is 0 Å². The highest BCUT2D eigenvalue weighted by atomic mass is 79.9. The third-order valence-electron chi connectivity index (χ3n) is 6.86. The second kappa shape index (κ2) is 15.5. The Hall–Kier alpha value is -5.00. The van der Waals surface area contributed by atoms with Crippen molar-refractivity contribution in [2.75, 3.05) is 18.5 Å². The summed E-state index contributed by atoms with van der Waals surface area (Å²) in [5.74, 6) is 0.804. The molecule has 0 aliphatic heterocycles. The number of nitrogens with zero attached hydrogens (tertiary/aromatic N) is 2. The average molecular weight is 720 g/mol. The Bertz CT molecular complexity index is 1870. The normalized spacial score (nSPS) is 11.0. The van der Waals surface area contributed by atoms with E-state index in [0.717, 1.165) is 17.1 Å². The molecule has 2 N–H and O–H groups in total. The molecule has 3 aromatic carbocycles. The summed E-state index contributed by atoms with van der Waals surface area (Å²) in [6, 6.07) is 25.8. The zero-order valence-electron chi connectivity index (χ0n) is 25.9. The first-order valence-corrected chi connectivity index (χ1v) is 15.8. The van der Waals surface area contributed by atoms with Gasteiger partial charge < -0.3 is 28.5 Å². The van der Waals surface area contributed by atoms with Crippen LogP contribution in [0, 0.1) is 13.8 Å². The largest absolute Gasteiger partial charge is 0.490 e. The van der Waals surface area contributed by atoms with E-state index < -0.39 is 5.91 Å². The predicted molar refractivity (Wildman–Crippen MR) is 184 cm³/mol. The molecule has 0 radical (unpaired) electrons. The number of hydrazone groups is 1. The molecule has 5 rings (SSSR count). The van der Waals surface area contributed by atoms with Gasteiger partial charge in [-0.1, -0.05) is 29.8 Å². The minimum absolute atomic E-state index is 0.0688. The molecule has 0 aliphatic rings. The van der Waals surface area contributed by atoms with Gasteiger partial charge in [0.15, 0.2) is 23.9 Å². The highest BCUT2D eigenvalue weighted by Crippen LogP contribution is 2.42. The summed E-state index contributed by atoms with van der Waals surface area (Å²) in [4.78, 5) is 25.1. The number of benzene rings is 3. The topological polar surface area (TPSA) is 116 Å². The van der Waals surface area contributed by atoms with Crippen molar-refractivity contribution in [1.29, 1.82) is 0 Å². The lowest BCUT2D eigenvalue weighted by Crippen LogP contribution is -2.20. The molecule has 5 aromatic rings. The van der Waals surface area contributed by atoms with Crippen molar-refractivity contribution in [3.63, 3.8) is 0 Å². The zero-order chi connectivity index (χ0) is 33.3. The number of aromatic nitrogens is 1. The number of anilines is 1. The summed E-state index contributed by atoms with van der Waals surface area (Å²) in [5, 5.41) is 6.98. The number of halogens is 2. The number of furan rings is 1. The number of hydrogen-bond donors (Lipinski definition) is 2. The molecule has 12 heteroatoms. The molecule has 47 heavy (non-hydrogen) atoms. The van der Waals surface area contributed by atoms with Crippen LogP contribution in [0.1, 0.15) is 40.2 Å². The smallest absolute Gasteiger partial charge is 0.307 e. The van der Waals surface area contributed by atoms with Gasteiger partial charge in [0.05, 0.1) is 12.8 Å². The lowest BCUT2D eigenvalue weighted by molar-refractivity contribution is -0.118. The van der Waals surface area contributed by atoms with Crippen LogP contribution >= 0.6 is 27.5 Å². The number of para-hydroxylation sites is 1. The maximum Gasteiger partial charge on any atom is 0.307 e. The number of aryl methyl sites for hydroxylation is 2. The van der Waals surface area contributed by atoms with Crippen LogP contribution in [-0.2, 0) is 11.4 Å². The molecule has 0 atom stereocenters. The average Bonchev–Trinajstić information content (AvgIpc) is 3.68. The fourth-order valence-electron chi connectivity index (χ4n) is 4.67. The fraction of sp³-hybridized carbons (Fsp3) is 0.171. The first-order chi connectivity index (χ1) is 22.7. The molecule has 0 spiro atoms. The lowest BCUT2D eigenvalue weighted by atomic mass is 10.2. The number of hydrogen-bond acceptors (Lipinski definition) is 7. The van der Waals surface area contributed by atoms with Gasteiger partial charge in [-0.25, -0.2) is 5.43 Å². The number of nitrogens with one attached hydrogen (secondary N) is 2. The Balaban J connectivity index is 1.17. The molecular weight excluding hydrogens is 688 g/mol. The van der Waals surface area contributed by atoms with Crippen molar-refractivity contribution in [3.8, 4) is 22.9 Å². The van der Waals surface area contributed by atoms with Gasteiger partial charge in [-0.3, -0.25) is 9.59 Å². The summed E-state index contributed by atoms with van der Waals surface area (Å²) >= 11 is 10.0. The Kier molecular flexibility index (Phi) is 11.0. The summed E-state index contributed by atoms with van der Waals surface area (Å²) in [6.07, 6.45) is 1.40. The van der Waals surface area contributed by atoms with E-state index in [1.54, 1.807) is 37.3 Å². The van der Waals surface area contributed by atoms with Crippen molar-refractivity contribution in [3.05, 3.63) is 123 Å². The van der Waals surface area contributed by atoms with Crippen LogP contribution in [0.15, 0.2) is 98.9 Å². The second-order valence-corrected chi connectivity index (χ2v) is 11.4. The monoisotopic (exact) mass is 718 g/mol. The van der Waals surface area contributed by atoms with Crippen molar-refractivity contribution in [1.82, 2.24) is 9.99 Å². The predicted octanol–water partition coefficient (Wildman–Crippen LogP) is 7.86. The van der Waals surface area contributed by atoms with E-state index in [4.69, 9.17) is 30.2 Å². The van der Waals surface area contributed by atoms with E-state index in [-0.39, 0.29) is 35.7 Å². The molecule has 0 unspecified atom stereocenters. The van der Waals surface area contributed by atoms with Gasteiger partial charge in [-0.2, -0.15) is 5.10 Å². The Morgan fingerprint density at radius 2 is 1.68 bits per heavy atom. The molecule has 0 saturated heterocycles. The molecule has 242 valence electrons. The fourth-order valence-corrected chi connectivity index (χ4v) is 5.32. The van der Waals surface area contributed by atoms with Crippen LogP contribution < -0.4 is 25.0 Å². The van der Waals surface area contributed by atoms with Gasteiger partial charge in [0.2, 0.25) is 0 Å². The van der Waals surface area contributed by atoms with Gasteiger partial charge >= 0.3 is 5.91 Å².